The molecule has 0 saturated carbocycles. The number of fused-ring (bicyclic) bond motifs is 2. The Kier molecular flexibility index (Phi) is 7.37. The molecule has 2 unspecified atom stereocenters. The highest BCUT2D eigenvalue weighted by atomic mass is 127. The van der Waals surface area contributed by atoms with E-state index in [0.717, 1.165) is 36.4 Å². The number of carbonyl (C=O) groups is 1. The predicted molar refractivity (Wildman–Crippen MR) is 125 cm³/mol. The lowest BCUT2D eigenvalue weighted by Crippen LogP contribution is -2.25. The quantitative estimate of drug-likeness (QED) is 0.309. The van der Waals surface area contributed by atoms with E-state index >= 15 is 0 Å². The second-order valence-electron chi connectivity index (χ2n) is 6.37. The van der Waals surface area contributed by atoms with Gasteiger partial charge in [0.1, 0.15) is 6.07 Å². The summed E-state index contributed by atoms with van der Waals surface area (Å²) in [6.45, 7) is 0. The first-order valence-corrected chi connectivity index (χ1v) is 13.1. The van der Waals surface area contributed by atoms with E-state index in [1.54, 1.807) is 12.2 Å². The summed E-state index contributed by atoms with van der Waals surface area (Å²) in [5.74, 6) is -0.0983. The number of rotatable bonds is 4. The summed E-state index contributed by atoms with van der Waals surface area (Å²) in [5.41, 5.74) is 4.79. The fourth-order valence-electron chi connectivity index (χ4n) is 3.48. The molecule has 0 bridgehead atoms. The molecular formula is C21H20IN4O2P. The molecule has 2 N–H and O–H groups in total. The molecule has 0 aliphatic heterocycles. The lowest BCUT2D eigenvalue weighted by atomic mass is 10.1. The molecule has 148 valence electrons. The van der Waals surface area contributed by atoms with Gasteiger partial charge in [0.05, 0.1) is 17.9 Å². The summed E-state index contributed by atoms with van der Waals surface area (Å²) < 4.78 is 1.82. The van der Waals surface area contributed by atoms with E-state index in [1.807, 2.05) is 34.8 Å². The summed E-state index contributed by atoms with van der Waals surface area (Å²) >= 11 is 2.24. The Bertz CT molecular complexity index is 1100. The van der Waals surface area contributed by atoms with Crippen LogP contribution in [-0.2, 0) is 11.2 Å². The van der Waals surface area contributed by atoms with Crippen molar-refractivity contribution < 1.29 is 9.90 Å². The third-order valence-corrected chi connectivity index (χ3v) is 6.64. The van der Waals surface area contributed by atoms with Crippen LogP contribution < -0.4 is 5.32 Å². The normalized spacial score (nSPS) is 15.3. The van der Waals surface area contributed by atoms with Crippen LogP contribution in [0.15, 0.2) is 48.5 Å². The van der Waals surface area contributed by atoms with Crippen LogP contribution in [0.4, 0.5) is 0 Å². The van der Waals surface area contributed by atoms with Gasteiger partial charge in [0.15, 0.2) is 5.69 Å². The SMILES string of the molecule is CO.N#Cc1nn(PI)c2cc(/C=C/C(=O)NC3CCc4ccccc43)ccc12. The monoisotopic (exact) mass is 518 g/mol. The van der Waals surface area contributed by atoms with E-state index in [1.165, 1.54) is 11.1 Å². The van der Waals surface area contributed by atoms with Crippen LogP contribution in [0.3, 0.4) is 0 Å². The average Bonchev–Trinajstić information content (AvgIpc) is 3.34. The van der Waals surface area contributed by atoms with E-state index in [-0.39, 0.29) is 11.9 Å². The van der Waals surface area contributed by atoms with Crippen molar-refractivity contribution in [3.05, 3.63) is 70.9 Å². The van der Waals surface area contributed by atoms with Crippen LogP contribution in [0.5, 0.6) is 0 Å². The van der Waals surface area contributed by atoms with E-state index in [0.29, 0.717) is 12.1 Å². The molecule has 1 aliphatic rings. The van der Waals surface area contributed by atoms with Crippen LogP contribution in [0, 0.1) is 11.3 Å². The van der Waals surface area contributed by atoms with Gasteiger partial charge >= 0.3 is 0 Å². The van der Waals surface area contributed by atoms with Gasteiger partial charge in [-0.3, -0.25) is 4.79 Å². The molecule has 3 aromatic rings. The molecule has 0 spiro atoms. The van der Waals surface area contributed by atoms with Gasteiger partial charge in [-0.15, -0.1) is 0 Å². The minimum absolute atomic E-state index is 0.0840. The maximum Gasteiger partial charge on any atom is 0.244 e. The predicted octanol–water partition coefficient (Wildman–Crippen LogP) is 4.12. The van der Waals surface area contributed by atoms with Crippen LogP contribution >= 0.6 is 28.4 Å². The Labute approximate surface area is 183 Å². The van der Waals surface area contributed by atoms with Crippen molar-refractivity contribution in [1.82, 2.24) is 14.9 Å². The number of aromatic nitrogens is 2. The van der Waals surface area contributed by atoms with Crippen molar-refractivity contribution in [2.75, 3.05) is 7.11 Å². The second-order valence-corrected chi connectivity index (χ2v) is 8.41. The summed E-state index contributed by atoms with van der Waals surface area (Å²) in [5, 5.41) is 24.4. The highest BCUT2D eigenvalue weighted by Crippen LogP contribution is 2.32. The summed E-state index contributed by atoms with van der Waals surface area (Å²) in [6.07, 6.45) is 5.73. The Balaban J connectivity index is 0.00000117. The molecule has 8 heteroatoms. The molecule has 1 aromatic heterocycles. The van der Waals surface area contributed by atoms with Crippen molar-refractivity contribution in [1.29, 1.82) is 5.26 Å². The van der Waals surface area contributed by atoms with Gasteiger partial charge in [-0.05, 0) is 69.8 Å². The van der Waals surface area contributed by atoms with Gasteiger partial charge in [0, 0.05) is 18.6 Å². The van der Waals surface area contributed by atoms with Crippen molar-refractivity contribution in [2.24, 2.45) is 0 Å². The summed E-state index contributed by atoms with van der Waals surface area (Å²) in [6, 6.07) is 16.2. The smallest absolute Gasteiger partial charge is 0.244 e. The van der Waals surface area contributed by atoms with Crippen LogP contribution in [0.25, 0.3) is 17.0 Å². The minimum Gasteiger partial charge on any atom is -0.400 e. The number of aliphatic hydroxyl groups is 1. The maximum absolute atomic E-state index is 12.4. The van der Waals surface area contributed by atoms with E-state index < -0.39 is 0 Å². The number of nitrogens with one attached hydrogen (secondary N) is 1. The Morgan fingerprint density at radius 3 is 2.93 bits per heavy atom. The average molecular weight is 518 g/mol. The topological polar surface area (TPSA) is 90.9 Å². The number of aliphatic hydroxyl groups excluding tert-OH is 1. The second kappa shape index (κ2) is 9.97. The van der Waals surface area contributed by atoms with Gasteiger partial charge < -0.3 is 10.4 Å². The standard InChI is InChI=1S/C20H16IN4OP.CH4O/c21-27-25-19-11-13(5-8-16(19)18(12-22)24-25)6-10-20(26)23-17-9-7-14-3-1-2-4-15(14)17;1-2/h1-6,8,10-11,17,27H,7,9H2,(H,23,26);2H,1H3/b10-6+;. The molecule has 4 rings (SSSR count). The number of nitrogens with zero attached hydrogens (tertiary/aromatic N) is 3. The fourth-order valence-corrected chi connectivity index (χ4v) is 5.00. The van der Waals surface area contributed by atoms with Crippen LogP contribution in [0.1, 0.15) is 34.8 Å². The van der Waals surface area contributed by atoms with Gasteiger partial charge in [-0.25, -0.2) is 4.45 Å². The zero-order chi connectivity index (χ0) is 20.8. The Morgan fingerprint density at radius 2 is 2.17 bits per heavy atom. The van der Waals surface area contributed by atoms with E-state index in [4.69, 9.17) is 5.11 Å². The Hall–Kier alpha value is -2.27. The van der Waals surface area contributed by atoms with Crippen LogP contribution in [-0.4, -0.2) is 27.7 Å². The first kappa shape index (κ1) is 21.4. The fraction of sp³-hybridized carbons (Fsp3) is 0.190. The highest BCUT2D eigenvalue weighted by Gasteiger charge is 2.22. The molecule has 29 heavy (non-hydrogen) atoms. The first-order valence-electron chi connectivity index (χ1n) is 9.00. The lowest BCUT2D eigenvalue weighted by molar-refractivity contribution is -0.117. The third kappa shape index (κ3) is 4.67. The van der Waals surface area contributed by atoms with Gasteiger partial charge in [0.2, 0.25) is 5.91 Å². The molecular weight excluding hydrogens is 498 g/mol. The molecule has 1 aliphatic carbocycles. The molecule has 0 radical (unpaired) electrons. The van der Waals surface area contributed by atoms with Gasteiger partial charge in [-0.1, -0.05) is 30.3 Å². The van der Waals surface area contributed by atoms with Crippen molar-refractivity contribution in [3.8, 4) is 6.07 Å². The molecule has 1 heterocycles. The molecule has 6 nitrogen and oxygen atoms in total. The number of halogens is 1. The van der Waals surface area contributed by atoms with Crippen LogP contribution in [0.2, 0.25) is 0 Å². The molecule has 1 amide bonds. The lowest BCUT2D eigenvalue weighted by Gasteiger charge is -2.12. The zero-order valence-corrected chi connectivity index (χ0v) is 18.9. The summed E-state index contributed by atoms with van der Waals surface area (Å²) in [4.78, 5) is 12.4. The van der Waals surface area contributed by atoms with Crippen molar-refractivity contribution >= 4 is 51.3 Å². The molecule has 2 aromatic carbocycles. The number of hydrogen-bond donors (Lipinski definition) is 2. The van der Waals surface area contributed by atoms with E-state index in [9.17, 15) is 10.1 Å². The molecule has 2 atom stereocenters. The minimum atomic E-state index is -0.0983. The number of aryl methyl sites for hydroxylation is 1. The van der Waals surface area contributed by atoms with E-state index in [2.05, 4.69) is 50.7 Å². The number of hydrogen-bond acceptors (Lipinski definition) is 4. The summed E-state index contributed by atoms with van der Waals surface area (Å²) in [7, 11) is 1.00. The molecule has 0 fully saturated rings. The van der Waals surface area contributed by atoms with Crippen molar-refractivity contribution in [2.45, 2.75) is 18.9 Å². The number of nitriles is 1. The number of benzene rings is 2. The van der Waals surface area contributed by atoms with Gasteiger partial charge in [0.25, 0.3) is 0 Å². The zero-order valence-electron chi connectivity index (χ0n) is 15.8. The largest absolute Gasteiger partial charge is 0.400 e. The highest BCUT2D eigenvalue weighted by molar-refractivity contribution is 14.2. The number of carbonyl (C=O) groups excluding carboxylic acids is 1. The Morgan fingerprint density at radius 1 is 1.38 bits per heavy atom. The third-order valence-electron chi connectivity index (χ3n) is 4.77. The number of amides is 1. The van der Waals surface area contributed by atoms with Gasteiger partial charge in [-0.2, -0.15) is 10.4 Å². The first-order chi connectivity index (χ1) is 14.2. The molecule has 0 saturated heterocycles. The van der Waals surface area contributed by atoms with Crippen molar-refractivity contribution in [3.63, 3.8) is 0 Å². The maximum atomic E-state index is 12.4.